The van der Waals surface area contributed by atoms with Crippen LogP contribution in [0.3, 0.4) is 0 Å². The van der Waals surface area contributed by atoms with Gasteiger partial charge in [0.2, 0.25) is 0 Å². The lowest BCUT2D eigenvalue weighted by Crippen LogP contribution is -2.51. The van der Waals surface area contributed by atoms with Gasteiger partial charge in [-0.25, -0.2) is 0 Å². The Morgan fingerprint density at radius 2 is 1.85 bits per heavy atom. The first-order valence-corrected chi connectivity index (χ1v) is 11.0. The van der Waals surface area contributed by atoms with Gasteiger partial charge in [-0.1, -0.05) is 24.3 Å². The van der Waals surface area contributed by atoms with Gasteiger partial charge in [-0.3, -0.25) is 19.2 Å². The molecule has 1 unspecified atom stereocenters. The zero-order valence-electron chi connectivity index (χ0n) is 18.5. The van der Waals surface area contributed by atoms with Crippen molar-refractivity contribution in [1.29, 1.82) is 0 Å². The Balaban J connectivity index is 1.31. The summed E-state index contributed by atoms with van der Waals surface area (Å²) in [5.74, 6) is -1.18. The van der Waals surface area contributed by atoms with Gasteiger partial charge in [0.15, 0.2) is 18.5 Å². The molecule has 1 heterocycles. The molecule has 2 aromatic rings. The Hall–Kier alpha value is -3.68. The highest BCUT2D eigenvalue weighted by Gasteiger charge is 2.33. The van der Waals surface area contributed by atoms with Crippen LogP contribution in [0.15, 0.2) is 42.5 Å². The number of rotatable bonds is 7. The summed E-state index contributed by atoms with van der Waals surface area (Å²) >= 11 is 0. The van der Waals surface area contributed by atoms with Gasteiger partial charge in [0.05, 0.1) is 18.7 Å². The Kier molecular flexibility index (Phi) is 6.72. The smallest absolute Gasteiger partial charge is 0.306 e. The normalized spacial score (nSPS) is 16.3. The molecule has 8 heteroatoms. The van der Waals surface area contributed by atoms with Crippen molar-refractivity contribution in [3.63, 3.8) is 0 Å². The van der Waals surface area contributed by atoms with Crippen molar-refractivity contribution >= 4 is 29.3 Å². The zero-order valence-corrected chi connectivity index (χ0v) is 18.5. The van der Waals surface area contributed by atoms with Gasteiger partial charge in [-0.15, -0.1) is 0 Å². The minimum absolute atomic E-state index is 0.00385. The minimum atomic E-state index is -0.866. The molecular formula is C25H26N2O6. The molecule has 8 nitrogen and oxygen atoms in total. The number of ketones is 1. The van der Waals surface area contributed by atoms with E-state index in [9.17, 15) is 19.2 Å². The predicted octanol–water partition coefficient (Wildman–Crippen LogP) is 2.22. The largest absolute Gasteiger partial charge is 0.477 e. The van der Waals surface area contributed by atoms with Crippen LogP contribution in [0, 0.1) is 0 Å². The first kappa shape index (κ1) is 22.5. The van der Waals surface area contributed by atoms with Gasteiger partial charge < -0.3 is 19.7 Å². The van der Waals surface area contributed by atoms with E-state index in [0.717, 1.165) is 19.3 Å². The number of nitrogens with zero attached hydrogens (tertiary/aromatic N) is 1. The molecule has 0 aromatic heterocycles. The van der Waals surface area contributed by atoms with Crippen LogP contribution in [0.4, 0.5) is 5.69 Å². The fourth-order valence-corrected chi connectivity index (χ4v) is 4.17. The fourth-order valence-electron chi connectivity index (χ4n) is 4.17. The SMILES string of the molecule is CNC(=O)C1CN(C(=O)COC(=O)CCC(=O)c2ccc3c(c2)CCC3)c2ccccc2O1. The third-order valence-corrected chi connectivity index (χ3v) is 5.95. The number of nitrogens with one attached hydrogen (secondary N) is 1. The van der Waals surface area contributed by atoms with Crippen LogP contribution in [0.5, 0.6) is 5.75 Å². The van der Waals surface area contributed by atoms with Gasteiger partial charge in [-0.2, -0.15) is 0 Å². The van der Waals surface area contributed by atoms with Crippen LogP contribution in [-0.2, 0) is 32.0 Å². The standard InChI is InChI=1S/C25H26N2O6/c1-26-25(31)22-14-27(19-7-2-3-8-21(19)33-22)23(29)15-32-24(30)12-11-20(28)18-10-9-16-5-4-6-17(16)13-18/h2-3,7-10,13,22H,4-6,11-12,14-15H2,1H3,(H,26,31). The third kappa shape index (κ3) is 5.05. The monoisotopic (exact) mass is 450 g/mol. The maximum Gasteiger partial charge on any atom is 0.306 e. The van der Waals surface area contributed by atoms with Gasteiger partial charge in [0.25, 0.3) is 11.8 Å². The molecule has 1 atom stereocenters. The Labute approximate surface area is 191 Å². The van der Waals surface area contributed by atoms with E-state index in [4.69, 9.17) is 9.47 Å². The zero-order chi connectivity index (χ0) is 23.4. The average molecular weight is 450 g/mol. The molecule has 2 aliphatic rings. The van der Waals surface area contributed by atoms with Crippen molar-refractivity contribution in [3.8, 4) is 5.75 Å². The number of amides is 2. The molecule has 33 heavy (non-hydrogen) atoms. The van der Waals surface area contributed by atoms with E-state index >= 15 is 0 Å². The summed E-state index contributed by atoms with van der Waals surface area (Å²) in [5, 5.41) is 2.51. The summed E-state index contributed by atoms with van der Waals surface area (Å²) in [6.45, 7) is -0.482. The average Bonchev–Trinajstić information content (AvgIpc) is 3.32. The van der Waals surface area contributed by atoms with Crippen molar-refractivity contribution in [2.45, 2.75) is 38.2 Å². The summed E-state index contributed by atoms with van der Waals surface area (Å²) in [4.78, 5) is 50.9. The van der Waals surface area contributed by atoms with E-state index in [1.54, 1.807) is 30.3 Å². The number of ether oxygens (including phenoxy) is 2. The van der Waals surface area contributed by atoms with Crippen LogP contribution in [0.1, 0.15) is 40.7 Å². The Bertz CT molecular complexity index is 1100. The number of aryl methyl sites for hydroxylation is 2. The van der Waals surface area contributed by atoms with Crippen molar-refractivity contribution in [2.24, 2.45) is 0 Å². The third-order valence-electron chi connectivity index (χ3n) is 5.95. The molecule has 0 bridgehead atoms. The molecule has 1 aliphatic carbocycles. The highest BCUT2D eigenvalue weighted by atomic mass is 16.5. The summed E-state index contributed by atoms with van der Waals surface area (Å²) in [7, 11) is 1.49. The van der Waals surface area contributed by atoms with Crippen LogP contribution in [-0.4, -0.2) is 49.9 Å². The molecular weight excluding hydrogens is 424 g/mol. The molecule has 0 fully saturated rings. The number of benzene rings is 2. The summed E-state index contributed by atoms with van der Waals surface area (Å²) in [6, 6.07) is 12.6. The Morgan fingerprint density at radius 1 is 1.06 bits per heavy atom. The molecule has 2 aromatic carbocycles. The van der Waals surface area contributed by atoms with E-state index in [1.165, 1.54) is 23.1 Å². The first-order valence-electron chi connectivity index (χ1n) is 11.0. The van der Waals surface area contributed by atoms with E-state index in [1.807, 2.05) is 12.1 Å². The van der Waals surface area contributed by atoms with Crippen LogP contribution in [0.25, 0.3) is 0 Å². The van der Waals surface area contributed by atoms with E-state index in [0.29, 0.717) is 17.0 Å². The predicted molar refractivity (Wildman–Crippen MR) is 120 cm³/mol. The molecule has 1 aliphatic heterocycles. The van der Waals surface area contributed by atoms with E-state index in [2.05, 4.69) is 5.32 Å². The summed E-state index contributed by atoms with van der Waals surface area (Å²) in [6.07, 6.45) is 2.17. The lowest BCUT2D eigenvalue weighted by molar-refractivity contribution is -0.148. The lowest BCUT2D eigenvalue weighted by Gasteiger charge is -2.33. The topological polar surface area (TPSA) is 102 Å². The number of carbonyl (C=O) groups is 4. The van der Waals surface area contributed by atoms with Crippen molar-refractivity contribution in [3.05, 3.63) is 59.2 Å². The van der Waals surface area contributed by atoms with Crippen LogP contribution in [0.2, 0.25) is 0 Å². The first-order chi connectivity index (χ1) is 16.0. The number of fused-ring (bicyclic) bond motifs is 2. The molecule has 2 amide bonds. The van der Waals surface area contributed by atoms with Gasteiger partial charge in [-0.05, 0) is 48.6 Å². The number of para-hydroxylation sites is 2. The van der Waals surface area contributed by atoms with Crippen LogP contribution < -0.4 is 15.0 Å². The number of likely N-dealkylation sites (N-methyl/N-ethyl adjacent to an activating group) is 1. The van der Waals surface area contributed by atoms with Crippen molar-refractivity contribution in [1.82, 2.24) is 5.32 Å². The number of hydrogen-bond acceptors (Lipinski definition) is 6. The lowest BCUT2D eigenvalue weighted by atomic mass is 10.0. The van der Waals surface area contributed by atoms with Crippen molar-refractivity contribution in [2.75, 3.05) is 25.1 Å². The van der Waals surface area contributed by atoms with Gasteiger partial charge in [0.1, 0.15) is 5.75 Å². The highest BCUT2D eigenvalue weighted by molar-refractivity contribution is 5.99. The number of esters is 1. The van der Waals surface area contributed by atoms with Gasteiger partial charge in [0, 0.05) is 19.0 Å². The molecule has 4 rings (SSSR count). The molecule has 0 radical (unpaired) electrons. The minimum Gasteiger partial charge on any atom is -0.477 e. The molecule has 1 N–H and O–H groups in total. The number of anilines is 1. The Morgan fingerprint density at radius 3 is 2.67 bits per heavy atom. The second-order valence-corrected chi connectivity index (χ2v) is 8.11. The van der Waals surface area contributed by atoms with Crippen molar-refractivity contribution < 1.29 is 28.7 Å². The number of hydrogen-bond donors (Lipinski definition) is 1. The molecule has 0 saturated carbocycles. The van der Waals surface area contributed by atoms with E-state index in [-0.39, 0.29) is 31.1 Å². The number of carbonyl (C=O) groups excluding carboxylic acids is 4. The molecule has 172 valence electrons. The maximum absolute atomic E-state index is 12.8. The fraction of sp³-hybridized carbons (Fsp3) is 0.360. The van der Waals surface area contributed by atoms with Crippen LogP contribution >= 0.6 is 0 Å². The van der Waals surface area contributed by atoms with Gasteiger partial charge >= 0.3 is 5.97 Å². The maximum atomic E-state index is 12.8. The summed E-state index contributed by atoms with van der Waals surface area (Å²) < 4.78 is 10.8. The molecule has 0 saturated heterocycles. The quantitative estimate of drug-likeness (QED) is 0.513. The molecule has 0 spiro atoms. The number of Topliss-reactive ketones (excluding diaryl/α,β-unsaturated/α-hetero) is 1. The second-order valence-electron chi connectivity index (χ2n) is 8.11. The summed E-state index contributed by atoms with van der Waals surface area (Å²) in [5.41, 5.74) is 3.60. The second kappa shape index (κ2) is 9.85. The highest BCUT2D eigenvalue weighted by Crippen LogP contribution is 2.33. The van der Waals surface area contributed by atoms with E-state index < -0.39 is 24.6 Å².